The van der Waals surface area contributed by atoms with Gasteiger partial charge in [0.05, 0.1) is 0 Å². The smallest absolute Gasteiger partial charge is 0.173 e. The Morgan fingerprint density at radius 3 is 2.26 bits per heavy atom. The highest BCUT2D eigenvalue weighted by Crippen LogP contribution is 2.49. The van der Waals surface area contributed by atoms with E-state index in [2.05, 4.69) is 5.32 Å². The largest absolute Gasteiger partial charge is 0.375 e. The lowest BCUT2D eigenvalue weighted by Crippen LogP contribution is -2.52. The van der Waals surface area contributed by atoms with Gasteiger partial charge in [-0.3, -0.25) is 0 Å². The quantitative estimate of drug-likeness (QED) is 0.772. The lowest BCUT2D eigenvalue weighted by molar-refractivity contribution is -0.107. The fraction of sp³-hybridized carbons (Fsp3) is 0.250. The SMILES string of the molecule is CCC1(O)Nc2ccccc2C1(O)c1ccccc1. The Bertz CT molecular complexity index is 599. The first-order valence-electron chi connectivity index (χ1n) is 6.50. The minimum absolute atomic E-state index is 0.396. The Balaban J connectivity index is 2.26. The van der Waals surface area contributed by atoms with Crippen LogP contribution in [0.2, 0.25) is 0 Å². The molecule has 2 unspecified atom stereocenters. The van der Waals surface area contributed by atoms with Gasteiger partial charge in [-0.05, 0) is 18.1 Å². The molecule has 3 rings (SSSR count). The van der Waals surface area contributed by atoms with Gasteiger partial charge in [-0.1, -0.05) is 55.5 Å². The number of hydrogen-bond donors (Lipinski definition) is 3. The van der Waals surface area contributed by atoms with Crippen LogP contribution >= 0.6 is 0 Å². The molecule has 2 aromatic rings. The van der Waals surface area contributed by atoms with Crippen LogP contribution in [0, 0.1) is 0 Å². The average molecular weight is 255 g/mol. The summed E-state index contributed by atoms with van der Waals surface area (Å²) in [5.41, 5.74) is -0.641. The fourth-order valence-corrected chi connectivity index (χ4v) is 2.86. The van der Waals surface area contributed by atoms with Crippen molar-refractivity contribution in [3.05, 3.63) is 65.7 Å². The topological polar surface area (TPSA) is 52.5 Å². The van der Waals surface area contributed by atoms with Crippen LogP contribution < -0.4 is 5.32 Å². The number of hydrogen-bond acceptors (Lipinski definition) is 3. The monoisotopic (exact) mass is 255 g/mol. The van der Waals surface area contributed by atoms with Crippen LogP contribution in [0.1, 0.15) is 24.5 Å². The molecule has 1 heterocycles. The van der Waals surface area contributed by atoms with E-state index in [-0.39, 0.29) is 0 Å². The summed E-state index contributed by atoms with van der Waals surface area (Å²) in [6.45, 7) is 1.85. The molecule has 3 N–H and O–H groups in total. The molecule has 98 valence electrons. The van der Waals surface area contributed by atoms with Crippen molar-refractivity contribution in [2.45, 2.75) is 24.7 Å². The minimum atomic E-state index is -1.43. The fourth-order valence-electron chi connectivity index (χ4n) is 2.86. The van der Waals surface area contributed by atoms with E-state index in [1.54, 1.807) is 0 Å². The number of nitrogens with one attached hydrogen (secondary N) is 1. The second-order valence-electron chi connectivity index (χ2n) is 4.96. The maximum absolute atomic E-state index is 11.2. The van der Waals surface area contributed by atoms with E-state index < -0.39 is 11.3 Å². The van der Waals surface area contributed by atoms with Gasteiger partial charge in [-0.2, -0.15) is 0 Å². The zero-order valence-electron chi connectivity index (χ0n) is 10.8. The molecule has 2 aromatic carbocycles. The lowest BCUT2D eigenvalue weighted by atomic mass is 9.79. The Hall–Kier alpha value is -1.84. The molecule has 3 heteroatoms. The summed E-state index contributed by atoms with van der Waals surface area (Å²) >= 11 is 0. The summed E-state index contributed by atoms with van der Waals surface area (Å²) in [5, 5.41) is 25.1. The third-order valence-corrected chi connectivity index (χ3v) is 3.96. The predicted molar refractivity (Wildman–Crippen MR) is 74.7 cm³/mol. The molecule has 0 aliphatic carbocycles. The van der Waals surface area contributed by atoms with Gasteiger partial charge in [0, 0.05) is 11.3 Å². The number of benzene rings is 2. The third kappa shape index (κ3) is 1.52. The summed E-state index contributed by atoms with van der Waals surface area (Å²) in [6.07, 6.45) is 0.396. The summed E-state index contributed by atoms with van der Waals surface area (Å²) in [6, 6.07) is 16.8. The van der Waals surface area contributed by atoms with Crippen LogP contribution in [0.3, 0.4) is 0 Å². The normalized spacial score (nSPS) is 28.8. The van der Waals surface area contributed by atoms with E-state index in [1.165, 1.54) is 0 Å². The zero-order valence-corrected chi connectivity index (χ0v) is 10.8. The van der Waals surface area contributed by atoms with Gasteiger partial charge in [0.2, 0.25) is 0 Å². The highest BCUT2D eigenvalue weighted by molar-refractivity contribution is 5.65. The van der Waals surface area contributed by atoms with Gasteiger partial charge in [0.25, 0.3) is 0 Å². The molecule has 3 nitrogen and oxygen atoms in total. The van der Waals surface area contributed by atoms with Gasteiger partial charge in [0.1, 0.15) is 0 Å². The third-order valence-electron chi connectivity index (χ3n) is 3.96. The molecule has 0 saturated heterocycles. The first-order chi connectivity index (χ1) is 9.12. The first-order valence-corrected chi connectivity index (χ1v) is 6.50. The summed E-state index contributed by atoms with van der Waals surface area (Å²) in [4.78, 5) is 0. The van der Waals surface area contributed by atoms with Crippen LogP contribution in [0.15, 0.2) is 54.6 Å². The number of fused-ring (bicyclic) bond motifs is 1. The Morgan fingerprint density at radius 2 is 1.58 bits per heavy atom. The number of anilines is 1. The molecular weight excluding hydrogens is 238 g/mol. The number of para-hydroxylation sites is 1. The Labute approximate surface area is 112 Å². The molecule has 1 aliphatic rings. The van der Waals surface area contributed by atoms with E-state index in [0.717, 1.165) is 5.69 Å². The molecule has 2 atom stereocenters. The van der Waals surface area contributed by atoms with E-state index in [4.69, 9.17) is 0 Å². The highest BCUT2D eigenvalue weighted by atomic mass is 16.4. The molecule has 0 spiro atoms. The number of rotatable bonds is 2. The van der Waals surface area contributed by atoms with Crippen molar-refractivity contribution in [2.24, 2.45) is 0 Å². The second kappa shape index (κ2) is 4.08. The summed E-state index contributed by atoms with van der Waals surface area (Å²) in [7, 11) is 0. The average Bonchev–Trinajstić information content (AvgIpc) is 2.70. The highest BCUT2D eigenvalue weighted by Gasteiger charge is 2.56. The number of aliphatic hydroxyl groups is 2. The molecule has 1 aliphatic heterocycles. The van der Waals surface area contributed by atoms with Crippen LogP contribution in [0.5, 0.6) is 0 Å². The molecule has 0 aromatic heterocycles. The van der Waals surface area contributed by atoms with Crippen LogP contribution in [0.4, 0.5) is 5.69 Å². The Morgan fingerprint density at radius 1 is 0.947 bits per heavy atom. The molecule has 0 bridgehead atoms. The first kappa shape index (κ1) is 12.2. The van der Waals surface area contributed by atoms with Crippen molar-refractivity contribution < 1.29 is 10.2 Å². The van der Waals surface area contributed by atoms with E-state index in [9.17, 15) is 10.2 Å². The van der Waals surface area contributed by atoms with Gasteiger partial charge in [-0.25, -0.2) is 0 Å². The van der Waals surface area contributed by atoms with Crippen molar-refractivity contribution in [1.29, 1.82) is 0 Å². The van der Waals surface area contributed by atoms with Gasteiger partial charge in [-0.15, -0.1) is 0 Å². The molecule has 0 amide bonds. The molecule has 0 fully saturated rings. The van der Waals surface area contributed by atoms with Gasteiger partial charge < -0.3 is 15.5 Å². The van der Waals surface area contributed by atoms with Gasteiger partial charge >= 0.3 is 0 Å². The minimum Gasteiger partial charge on any atom is -0.375 e. The van der Waals surface area contributed by atoms with Gasteiger partial charge in [0.15, 0.2) is 11.3 Å². The predicted octanol–water partition coefficient (Wildman–Crippen LogP) is 2.45. The van der Waals surface area contributed by atoms with Crippen molar-refractivity contribution >= 4 is 5.69 Å². The second-order valence-corrected chi connectivity index (χ2v) is 4.96. The molecule has 19 heavy (non-hydrogen) atoms. The maximum Gasteiger partial charge on any atom is 0.173 e. The van der Waals surface area contributed by atoms with Crippen LogP contribution in [-0.4, -0.2) is 15.9 Å². The maximum atomic E-state index is 11.2. The zero-order chi connectivity index (χ0) is 13.5. The van der Waals surface area contributed by atoms with E-state index >= 15 is 0 Å². The van der Waals surface area contributed by atoms with Crippen molar-refractivity contribution in [2.75, 3.05) is 5.32 Å². The van der Waals surface area contributed by atoms with Crippen LogP contribution in [0.25, 0.3) is 0 Å². The standard InChI is InChI=1S/C16H17NO2/c1-2-15(18)16(19,12-8-4-3-5-9-12)13-10-6-7-11-14(13)17-15/h3-11,17-19H,2H2,1H3. The van der Waals surface area contributed by atoms with Crippen LogP contribution in [-0.2, 0) is 5.60 Å². The molecule has 0 radical (unpaired) electrons. The molecular formula is C16H17NO2. The summed E-state index contributed by atoms with van der Waals surface area (Å²) in [5.74, 6) is 0. The Kier molecular flexibility index (Phi) is 2.62. The van der Waals surface area contributed by atoms with Crippen molar-refractivity contribution in [3.8, 4) is 0 Å². The van der Waals surface area contributed by atoms with Crippen molar-refractivity contribution in [1.82, 2.24) is 0 Å². The van der Waals surface area contributed by atoms with E-state index in [1.807, 2.05) is 61.5 Å². The lowest BCUT2D eigenvalue weighted by Gasteiger charge is -2.38. The molecule has 0 saturated carbocycles. The van der Waals surface area contributed by atoms with Crippen molar-refractivity contribution in [3.63, 3.8) is 0 Å². The van der Waals surface area contributed by atoms with E-state index in [0.29, 0.717) is 17.5 Å². The summed E-state index contributed by atoms with van der Waals surface area (Å²) < 4.78 is 0.